The summed E-state index contributed by atoms with van der Waals surface area (Å²) in [6.07, 6.45) is 0. The summed E-state index contributed by atoms with van der Waals surface area (Å²) in [5.74, 6) is -0.401. The lowest BCUT2D eigenvalue weighted by Gasteiger charge is -2.11. The molecule has 5 heteroatoms. The molecule has 5 nitrogen and oxygen atoms in total. The van der Waals surface area contributed by atoms with Crippen LogP contribution in [0.3, 0.4) is 0 Å². The number of nitrogens with zero attached hydrogens (tertiary/aromatic N) is 3. The lowest BCUT2D eigenvalue weighted by molar-refractivity contribution is -0.140. The number of likely N-dealkylation sites (N-methyl/N-ethyl adjacent to an activating group) is 1. The van der Waals surface area contributed by atoms with Crippen molar-refractivity contribution in [3.05, 3.63) is 42.0 Å². The van der Waals surface area contributed by atoms with Crippen molar-refractivity contribution < 1.29 is 9.63 Å². The molecule has 0 saturated heterocycles. The minimum Gasteiger partial charge on any atom is -0.368 e. The molecule has 0 spiro atoms. The first-order valence-corrected chi connectivity index (χ1v) is 8.11. The summed E-state index contributed by atoms with van der Waals surface area (Å²) in [4.78, 5) is 18.1. The van der Waals surface area contributed by atoms with Crippen LogP contribution in [0, 0.1) is 0 Å². The highest BCUT2D eigenvalue weighted by molar-refractivity contribution is 6.18. The van der Waals surface area contributed by atoms with Gasteiger partial charge in [-0.3, -0.25) is 0 Å². The highest BCUT2D eigenvalue weighted by Crippen LogP contribution is 2.37. The maximum atomic E-state index is 11.1. The van der Waals surface area contributed by atoms with Crippen molar-refractivity contribution in [2.75, 3.05) is 18.5 Å². The van der Waals surface area contributed by atoms with Gasteiger partial charge in [0.15, 0.2) is 0 Å². The van der Waals surface area contributed by atoms with Gasteiger partial charge in [-0.15, -0.1) is 0 Å². The molecule has 0 radical (unpaired) electrons. The van der Waals surface area contributed by atoms with Crippen LogP contribution in [0.15, 0.2) is 41.6 Å². The Labute approximate surface area is 140 Å². The molecular formula is C19H19N3O2. The molecule has 2 aromatic carbocycles. The van der Waals surface area contributed by atoms with Gasteiger partial charge in [0.1, 0.15) is 5.71 Å². The Morgan fingerprint density at radius 2 is 2.00 bits per heavy atom. The molecule has 0 aliphatic carbocycles. The van der Waals surface area contributed by atoms with Gasteiger partial charge in [-0.05, 0) is 25.1 Å². The first-order valence-electron chi connectivity index (χ1n) is 8.11. The summed E-state index contributed by atoms with van der Waals surface area (Å²) in [6, 6.07) is 12.8. The lowest BCUT2D eigenvalue weighted by atomic mass is 10.1. The first-order chi connectivity index (χ1) is 11.6. The number of hydrogen-bond donors (Lipinski definition) is 0. The number of carbonyl (C=O) groups is 1. The number of aromatic nitrogens is 1. The first kappa shape index (κ1) is 14.8. The third-order valence-corrected chi connectivity index (χ3v) is 4.60. The van der Waals surface area contributed by atoms with Crippen molar-refractivity contribution in [1.82, 2.24) is 4.57 Å². The van der Waals surface area contributed by atoms with Crippen LogP contribution in [0.4, 0.5) is 5.69 Å². The van der Waals surface area contributed by atoms with Crippen molar-refractivity contribution in [3.8, 4) is 0 Å². The van der Waals surface area contributed by atoms with E-state index in [-0.39, 0.29) is 0 Å². The fourth-order valence-electron chi connectivity index (χ4n) is 3.56. The van der Waals surface area contributed by atoms with E-state index in [1.807, 2.05) is 7.05 Å². The van der Waals surface area contributed by atoms with Gasteiger partial charge in [0.25, 0.3) is 0 Å². The number of anilines is 1. The lowest BCUT2D eigenvalue weighted by Crippen LogP contribution is -2.17. The van der Waals surface area contributed by atoms with E-state index < -0.39 is 5.97 Å². The van der Waals surface area contributed by atoms with E-state index >= 15 is 0 Å². The third kappa shape index (κ3) is 2.08. The highest BCUT2D eigenvalue weighted by atomic mass is 16.7. The van der Waals surface area contributed by atoms with Gasteiger partial charge in [-0.1, -0.05) is 23.4 Å². The van der Waals surface area contributed by atoms with E-state index in [1.54, 1.807) is 0 Å². The summed E-state index contributed by atoms with van der Waals surface area (Å²) in [5.41, 5.74) is 5.40. The normalized spacial score (nSPS) is 15.5. The standard InChI is InChI=1S/C19H19N3O2/c1-4-22-17-8-6-5-7-13(17)14-9-15-16(20-24-12(2)23)11-21(3)18(15)10-19(14)22/h5-10H,4,11H2,1-3H3/b20-16+. The Bertz CT molecular complexity index is 1000. The van der Waals surface area contributed by atoms with Crippen LogP contribution in [0.1, 0.15) is 19.4 Å². The van der Waals surface area contributed by atoms with Crippen molar-refractivity contribution in [2.24, 2.45) is 5.16 Å². The number of rotatable bonds is 2. The molecule has 0 saturated carbocycles. The number of hydrogen-bond acceptors (Lipinski definition) is 4. The molecule has 1 aromatic heterocycles. The zero-order valence-electron chi connectivity index (χ0n) is 14.0. The zero-order valence-corrected chi connectivity index (χ0v) is 14.0. The number of fused-ring (bicyclic) bond motifs is 4. The SMILES string of the molecule is CCn1c2ccccc2c2cc3c(cc21)N(C)C/C3=N\OC(C)=O. The molecule has 0 N–H and O–H groups in total. The summed E-state index contributed by atoms with van der Waals surface area (Å²) in [5, 5.41) is 6.49. The Kier molecular flexibility index (Phi) is 3.30. The van der Waals surface area contributed by atoms with E-state index in [2.05, 4.69) is 57.9 Å². The zero-order chi connectivity index (χ0) is 16.8. The van der Waals surface area contributed by atoms with Gasteiger partial charge in [0.05, 0.1) is 12.1 Å². The molecule has 3 aromatic rings. The number of benzene rings is 2. The molecule has 0 bridgehead atoms. The number of para-hydroxylation sites is 1. The highest BCUT2D eigenvalue weighted by Gasteiger charge is 2.25. The Hall–Kier alpha value is -2.82. The predicted octanol–water partition coefficient (Wildman–Crippen LogP) is 3.53. The summed E-state index contributed by atoms with van der Waals surface area (Å²) < 4.78 is 2.33. The molecule has 0 atom stereocenters. The van der Waals surface area contributed by atoms with Crippen LogP contribution in [0.5, 0.6) is 0 Å². The minimum absolute atomic E-state index is 0.401. The molecule has 0 fully saturated rings. The van der Waals surface area contributed by atoms with Gasteiger partial charge in [-0.2, -0.15) is 0 Å². The van der Waals surface area contributed by atoms with Crippen molar-refractivity contribution in [3.63, 3.8) is 0 Å². The largest absolute Gasteiger partial charge is 0.368 e. The summed E-state index contributed by atoms with van der Waals surface area (Å²) in [6.45, 7) is 5.08. The molecule has 1 aliphatic heterocycles. The second-order valence-electron chi connectivity index (χ2n) is 6.12. The van der Waals surface area contributed by atoms with Crippen LogP contribution in [-0.2, 0) is 16.2 Å². The molecular weight excluding hydrogens is 302 g/mol. The molecule has 0 amide bonds. The number of oxime groups is 1. The molecule has 0 unspecified atom stereocenters. The fourth-order valence-corrected chi connectivity index (χ4v) is 3.56. The van der Waals surface area contributed by atoms with Crippen LogP contribution in [-0.4, -0.2) is 29.8 Å². The number of carbonyl (C=O) groups excluding carboxylic acids is 1. The van der Waals surface area contributed by atoms with E-state index in [9.17, 15) is 4.79 Å². The Balaban J connectivity index is 2.00. The average Bonchev–Trinajstić information content (AvgIpc) is 3.06. The molecule has 2 heterocycles. The van der Waals surface area contributed by atoms with Gasteiger partial charge in [0.2, 0.25) is 0 Å². The van der Waals surface area contributed by atoms with Crippen LogP contribution < -0.4 is 4.90 Å². The maximum absolute atomic E-state index is 11.1. The van der Waals surface area contributed by atoms with Crippen molar-refractivity contribution in [2.45, 2.75) is 20.4 Å². The van der Waals surface area contributed by atoms with E-state index in [0.717, 1.165) is 23.5 Å². The van der Waals surface area contributed by atoms with Crippen LogP contribution in [0.2, 0.25) is 0 Å². The molecule has 122 valence electrons. The quantitative estimate of drug-likeness (QED) is 0.536. The monoisotopic (exact) mass is 321 g/mol. The van der Waals surface area contributed by atoms with Crippen LogP contribution in [0.25, 0.3) is 21.8 Å². The Morgan fingerprint density at radius 1 is 1.21 bits per heavy atom. The fraction of sp³-hybridized carbons (Fsp3) is 0.263. The van der Waals surface area contributed by atoms with E-state index in [1.165, 1.54) is 28.7 Å². The van der Waals surface area contributed by atoms with Crippen molar-refractivity contribution >= 4 is 39.2 Å². The van der Waals surface area contributed by atoms with Gasteiger partial charge < -0.3 is 14.3 Å². The second-order valence-corrected chi connectivity index (χ2v) is 6.12. The molecule has 1 aliphatic rings. The Morgan fingerprint density at radius 3 is 2.75 bits per heavy atom. The van der Waals surface area contributed by atoms with E-state index in [4.69, 9.17) is 4.84 Å². The van der Waals surface area contributed by atoms with Gasteiger partial charge in [-0.25, -0.2) is 4.79 Å². The summed E-state index contributed by atoms with van der Waals surface area (Å²) >= 11 is 0. The van der Waals surface area contributed by atoms with Gasteiger partial charge in [0, 0.05) is 48.1 Å². The van der Waals surface area contributed by atoms with Crippen LogP contribution >= 0.6 is 0 Å². The molecule has 24 heavy (non-hydrogen) atoms. The predicted molar refractivity (Wildman–Crippen MR) is 96.7 cm³/mol. The minimum atomic E-state index is -0.401. The second kappa shape index (κ2) is 5.37. The van der Waals surface area contributed by atoms with Crippen molar-refractivity contribution in [1.29, 1.82) is 0 Å². The summed E-state index contributed by atoms with van der Waals surface area (Å²) in [7, 11) is 2.03. The smallest absolute Gasteiger partial charge is 0.331 e. The maximum Gasteiger partial charge on any atom is 0.331 e. The number of aryl methyl sites for hydroxylation is 1. The average molecular weight is 321 g/mol. The third-order valence-electron chi connectivity index (χ3n) is 4.60. The van der Waals surface area contributed by atoms with E-state index in [0.29, 0.717) is 6.54 Å². The van der Waals surface area contributed by atoms with Gasteiger partial charge >= 0.3 is 5.97 Å². The topological polar surface area (TPSA) is 46.8 Å². The molecule has 4 rings (SSSR count).